The standard InChI is InChI=1S/C22H33N2P/c1-4-6-15-24(19(3)23)22-13-12-20(17-22)14-16-25(5-2)18-21-10-8-7-9-11-21/h4,6-11,15,20,22H,1,3,5,12-14,16-18,23H2,2H3/b15-6-. The highest BCUT2D eigenvalue weighted by molar-refractivity contribution is 7.56. The van der Waals surface area contributed by atoms with Gasteiger partial charge in [0.2, 0.25) is 0 Å². The minimum absolute atomic E-state index is 0.115. The highest BCUT2D eigenvalue weighted by Gasteiger charge is 2.28. The van der Waals surface area contributed by atoms with Gasteiger partial charge in [-0.15, -0.1) is 7.92 Å². The molecule has 3 unspecified atom stereocenters. The van der Waals surface area contributed by atoms with Crippen molar-refractivity contribution in [3.05, 3.63) is 73.2 Å². The molecule has 0 aromatic heterocycles. The molecule has 0 bridgehead atoms. The van der Waals surface area contributed by atoms with E-state index in [-0.39, 0.29) is 7.92 Å². The maximum absolute atomic E-state index is 5.98. The van der Waals surface area contributed by atoms with Crippen LogP contribution in [-0.2, 0) is 6.16 Å². The normalized spacial score (nSPS) is 21.3. The molecule has 0 aliphatic heterocycles. The maximum Gasteiger partial charge on any atom is 0.0955 e. The summed E-state index contributed by atoms with van der Waals surface area (Å²) in [6, 6.07) is 11.5. The summed E-state index contributed by atoms with van der Waals surface area (Å²) in [4.78, 5) is 2.13. The number of allylic oxidation sites excluding steroid dienone is 2. The molecule has 1 aromatic rings. The van der Waals surface area contributed by atoms with Crippen LogP contribution in [0.3, 0.4) is 0 Å². The second-order valence-corrected chi connectivity index (χ2v) is 9.69. The number of hydrogen-bond donors (Lipinski definition) is 1. The van der Waals surface area contributed by atoms with Crippen LogP contribution in [0.25, 0.3) is 0 Å². The van der Waals surface area contributed by atoms with E-state index in [2.05, 4.69) is 55.3 Å². The molecule has 1 aliphatic carbocycles. The SMILES string of the molecule is C=C/C=C\N(C(=C)N)C1CCC(CCP(CC)Cc2ccccc2)C1. The zero-order chi connectivity index (χ0) is 18.1. The van der Waals surface area contributed by atoms with Gasteiger partial charge in [0.15, 0.2) is 0 Å². The summed E-state index contributed by atoms with van der Waals surface area (Å²) in [5.74, 6) is 1.47. The smallest absolute Gasteiger partial charge is 0.0955 e. The molecule has 0 radical (unpaired) electrons. The van der Waals surface area contributed by atoms with Gasteiger partial charge in [0.1, 0.15) is 0 Å². The lowest BCUT2D eigenvalue weighted by molar-refractivity contribution is 0.330. The Kier molecular flexibility index (Phi) is 8.28. The van der Waals surface area contributed by atoms with Crippen LogP contribution in [0.15, 0.2) is 67.7 Å². The van der Waals surface area contributed by atoms with Gasteiger partial charge in [0.25, 0.3) is 0 Å². The van der Waals surface area contributed by atoms with E-state index in [0.29, 0.717) is 11.9 Å². The highest BCUT2D eigenvalue weighted by Crippen LogP contribution is 2.43. The largest absolute Gasteiger partial charge is 0.386 e. The third kappa shape index (κ3) is 6.36. The quantitative estimate of drug-likeness (QED) is 0.432. The van der Waals surface area contributed by atoms with Crippen molar-refractivity contribution >= 4 is 7.92 Å². The molecule has 3 atom stereocenters. The molecule has 0 spiro atoms. The molecule has 2 nitrogen and oxygen atoms in total. The Hall–Kier alpha value is -1.53. The molecule has 1 saturated carbocycles. The van der Waals surface area contributed by atoms with Gasteiger partial charge in [-0.3, -0.25) is 0 Å². The Balaban J connectivity index is 1.82. The lowest BCUT2D eigenvalue weighted by Crippen LogP contribution is -2.31. The van der Waals surface area contributed by atoms with E-state index in [1.54, 1.807) is 6.08 Å². The molecule has 0 saturated heterocycles. The van der Waals surface area contributed by atoms with Gasteiger partial charge in [-0.05, 0) is 61.7 Å². The fourth-order valence-corrected chi connectivity index (χ4v) is 5.88. The number of benzene rings is 1. The summed E-state index contributed by atoms with van der Waals surface area (Å²) in [5, 5.41) is 0. The molecular formula is C22H33N2P. The van der Waals surface area contributed by atoms with Crippen molar-refractivity contribution in [2.24, 2.45) is 11.7 Å². The van der Waals surface area contributed by atoms with Crippen LogP contribution < -0.4 is 5.73 Å². The van der Waals surface area contributed by atoms with Crippen molar-refractivity contribution in [1.29, 1.82) is 0 Å². The lowest BCUT2D eigenvalue weighted by atomic mass is 10.1. The molecule has 136 valence electrons. The van der Waals surface area contributed by atoms with Crippen LogP contribution in [0, 0.1) is 5.92 Å². The Morgan fingerprint density at radius 1 is 1.32 bits per heavy atom. The zero-order valence-corrected chi connectivity index (χ0v) is 16.5. The first-order chi connectivity index (χ1) is 12.1. The van der Waals surface area contributed by atoms with Crippen LogP contribution in [0.1, 0.15) is 38.2 Å². The minimum Gasteiger partial charge on any atom is -0.386 e. The fraction of sp³-hybridized carbons (Fsp3) is 0.455. The second kappa shape index (κ2) is 10.5. The average molecular weight is 356 g/mol. The predicted octanol–water partition coefficient (Wildman–Crippen LogP) is 5.68. The molecule has 1 aliphatic rings. The minimum atomic E-state index is 0.115. The first-order valence-electron chi connectivity index (χ1n) is 9.42. The number of nitrogens with zero attached hydrogens (tertiary/aromatic N) is 1. The third-order valence-electron chi connectivity index (χ3n) is 5.17. The van der Waals surface area contributed by atoms with Gasteiger partial charge in [-0.25, -0.2) is 0 Å². The monoisotopic (exact) mass is 356 g/mol. The summed E-state index contributed by atoms with van der Waals surface area (Å²) in [6.07, 6.45) is 14.9. The van der Waals surface area contributed by atoms with E-state index >= 15 is 0 Å². The topological polar surface area (TPSA) is 29.3 Å². The summed E-state index contributed by atoms with van der Waals surface area (Å²) in [5.41, 5.74) is 7.48. The van der Waals surface area contributed by atoms with Crippen LogP contribution in [-0.4, -0.2) is 23.3 Å². The van der Waals surface area contributed by atoms with Crippen LogP contribution >= 0.6 is 7.92 Å². The van der Waals surface area contributed by atoms with E-state index in [4.69, 9.17) is 5.73 Å². The average Bonchev–Trinajstić information content (AvgIpc) is 3.08. The van der Waals surface area contributed by atoms with Crippen molar-refractivity contribution < 1.29 is 0 Å². The van der Waals surface area contributed by atoms with Gasteiger partial charge in [-0.1, -0.05) is 56.5 Å². The van der Waals surface area contributed by atoms with Crippen LogP contribution in [0.4, 0.5) is 0 Å². The molecule has 0 amide bonds. The molecule has 25 heavy (non-hydrogen) atoms. The van der Waals surface area contributed by atoms with E-state index < -0.39 is 0 Å². The Morgan fingerprint density at radius 2 is 2.08 bits per heavy atom. The van der Waals surface area contributed by atoms with Gasteiger partial charge >= 0.3 is 0 Å². The van der Waals surface area contributed by atoms with Gasteiger partial charge in [0.05, 0.1) is 5.82 Å². The molecule has 2 rings (SSSR count). The van der Waals surface area contributed by atoms with Gasteiger partial charge in [0, 0.05) is 12.2 Å². The van der Waals surface area contributed by atoms with Crippen molar-refractivity contribution in [1.82, 2.24) is 4.90 Å². The van der Waals surface area contributed by atoms with E-state index in [9.17, 15) is 0 Å². The van der Waals surface area contributed by atoms with Crippen molar-refractivity contribution in [3.63, 3.8) is 0 Å². The maximum atomic E-state index is 5.98. The number of nitrogens with two attached hydrogens (primary N) is 1. The summed E-state index contributed by atoms with van der Waals surface area (Å²) in [6.45, 7) is 10.0. The first kappa shape index (κ1) is 19.8. The molecule has 1 aromatic carbocycles. The van der Waals surface area contributed by atoms with E-state index in [1.165, 1.54) is 49.7 Å². The van der Waals surface area contributed by atoms with Crippen molar-refractivity contribution in [2.75, 3.05) is 12.3 Å². The lowest BCUT2D eigenvalue weighted by Gasteiger charge is -2.27. The third-order valence-corrected chi connectivity index (χ3v) is 7.77. The second-order valence-electron chi connectivity index (χ2n) is 6.95. The predicted molar refractivity (Wildman–Crippen MR) is 113 cm³/mol. The summed E-state index contributed by atoms with van der Waals surface area (Å²) >= 11 is 0. The summed E-state index contributed by atoms with van der Waals surface area (Å²) in [7, 11) is 0.115. The van der Waals surface area contributed by atoms with Gasteiger partial charge in [-0.2, -0.15) is 0 Å². The Morgan fingerprint density at radius 3 is 2.72 bits per heavy atom. The molecule has 2 N–H and O–H groups in total. The molecule has 0 heterocycles. The van der Waals surface area contributed by atoms with Crippen LogP contribution in [0.2, 0.25) is 0 Å². The van der Waals surface area contributed by atoms with Crippen molar-refractivity contribution in [3.8, 4) is 0 Å². The Bertz CT molecular complexity index is 567. The van der Waals surface area contributed by atoms with Crippen LogP contribution in [0.5, 0.6) is 0 Å². The van der Waals surface area contributed by atoms with E-state index in [1.807, 2.05) is 12.3 Å². The number of hydrogen-bond acceptors (Lipinski definition) is 2. The molecule has 1 fully saturated rings. The van der Waals surface area contributed by atoms with Gasteiger partial charge < -0.3 is 10.6 Å². The molecular weight excluding hydrogens is 323 g/mol. The fourth-order valence-electron chi connectivity index (χ4n) is 3.72. The highest BCUT2D eigenvalue weighted by atomic mass is 31.1. The Labute approximate surface area is 155 Å². The van der Waals surface area contributed by atoms with Crippen molar-refractivity contribution in [2.45, 2.75) is 44.8 Å². The van der Waals surface area contributed by atoms with E-state index in [0.717, 1.165) is 5.92 Å². The molecule has 3 heteroatoms. The zero-order valence-electron chi connectivity index (χ0n) is 15.6. The first-order valence-corrected chi connectivity index (χ1v) is 11.3. The summed E-state index contributed by atoms with van der Waals surface area (Å²) < 4.78 is 0. The number of rotatable bonds is 10.